The molecule has 23 heavy (non-hydrogen) atoms. The highest BCUT2D eigenvalue weighted by molar-refractivity contribution is 5.93. The summed E-state index contributed by atoms with van der Waals surface area (Å²) in [6.45, 7) is 5.09. The molecular weight excluding hydrogens is 339 g/mol. The van der Waals surface area contributed by atoms with Crippen molar-refractivity contribution in [3.8, 4) is 11.3 Å². The molecule has 0 spiro atoms. The first-order valence-electron chi connectivity index (χ1n) is 6.75. The summed E-state index contributed by atoms with van der Waals surface area (Å²) in [7, 11) is 1.74. The summed E-state index contributed by atoms with van der Waals surface area (Å²) >= 11 is 0. The van der Waals surface area contributed by atoms with E-state index in [2.05, 4.69) is 10.1 Å². The molecule has 2 aromatic rings. The summed E-state index contributed by atoms with van der Waals surface area (Å²) in [5.41, 5.74) is 6.68. The summed E-state index contributed by atoms with van der Waals surface area (Å²) in [4.78, 5) is 17.9. The number of pyridine rings is 1. The molecule has 8 heteroatoms. The van der Waals surface area contributed by atoms with Gasteiger partial charge in [-0.1, -0.05) is 19.0 Å². The lowest BCUT2D eigenvalue weighted by Gasteiger charge is -2.28. The van der Waals surface area contributed by atoms with Gasteiger partial charge in [0.05, 0.1) is 0 Å². The van der Waals surface area contributed by atoms with E-state index < -0.39 is 0 Å². The highest BCUT2D eigenvalue weighted by Gasteiger charge is 2.24. The molecule has 6 nitrogen and oxygen atoms in total. The number of hydrogen-bond donors (Lipinski definition) is 1. The van der Waals surface area contributed by atoms with Crippen molar-refractivity contribution in [1.82, 2.24) is 15.0 Å². The first kappa shape index (κ1) is 21.4. The van der Waals surface area contributed by atoms with Crippen LogP contribution in [0.2, 0.25) is 0 Å². The van der Waals surface area contributed by atoms with Gasteiger partial charge in [-0.05, 0) is 24.1 Å². The monoisotopic (exact) mass is 360 g/mol. The quantitative estimate of drug-likeness (QED) is 0.885. The van der Waals surface area contributed by atoms with Crippen LogP contribution in [-0.4, -0.2) is 41.1 Å². The summed E-state index contributed by atoms with van der Waals surface area (Å²) in [6, 6.07) is 5.25. The van der Waals surface area contributed by atoms with Gasteiger partial charge in [-0.2, -0.15) is 0 Å². The number of carbonyl (C=O) groups excluding carboxylic acids is 1. The third kappa shape index (κ3) is 5.49. The van der Waals surface area contributed by atoms with Gasteiger partial charge in [0, 0.05) is 37.6 Å². The SMILES string of the molecule is CN(CC(C)(C)CN)C(=O)c1cc(-c2ccncc2)on1.Cl.Cl. The molecule has 0 aliphatic heterocycles. The molecule has 1 amide bonds. The molecule has 2 heterocycles. The van der Waals surface area contributed by atoms with E-state index in [1.54, 1.807) is 42.5 Å². The topological polar surface area (TPSA) is 85.2 Å². The van der Waals surface area contributed by atoms with Crippen LogP contribution in [0.15, 0.2) is 35.1 Å². The molecule has 0 unspecified atom stereocenters. The third-order valence-electron chi connectivity index (χ3n) is 3.26. The molecule has 2 aromatic heterocycles. The second-order valence-electron chi connectivity index (χ2n) is 5.84. The second kappa shape index (κ2) is 8.86. The van der Waals surface area contributed by atoms with Crippen molar-refractivity contribution in [3.63, 3.8) is 0 Å². The predicted molar refractivity (Wildman–Crippen MR) is 94.0 cm³/mol. The number of halogens is 2. The highest BCUT2D eigenvalue weighted by atomic mass is 35.5. The molecule has 0 radical (unpaired) electrons. The Bertz CT molecular complexity index is 617. The Morgan fingerprint density at radius 2 is 1.91 bits per heavy atom. The average Bonchev–Trinajstić information content (AvgIpc) is 2.96. The van der Waals surface area contributed by atoms with E-state index in [-0.39, 0.29) is 41.8 Å². The van der Waals surface area contributed by atoms with Crippen molar-refractivity contribution < 1.29 is 9.32 Å². The Morgan fingerprint density at radius 1 is 1.30 bits per heavy atom. The number of nitrogens with two attached hydrogens (primary N) is 1. The fourth-order valence-corrected chi connectivity index (χ4v) is 2.00. The van der Waals surface area contributed by atoms with Crippen LogP contribution in [0.25, 0.3) is 11.3 Å². The van der Waals surface area contributed by atoms with Crippen LogP contribution in [0, 0.1) is 5.41 Å². The number of hydrogen-bond acceptors (Lipinski definition) is 5. The van der Waals surface area contributed by atoms with Crippen LogP contribution >= 0.6 is 24.8 Å². The van der Waals surface area contributed by atoms with Gasteiger partial charge in [-0.3, -0.25) is 9.78 Å². The summed E-state index contributed by atoms with van der Waals surface area (Å²) in [6.07, 6.45) is 3.32. The van der Waals surface area contributed by atoms with E-state index >= 15 is 0 Å². The van der Waals surface area contributed by atoms with Gasteiger partial charge in [-0.25, -0.2) is 0 Å². The zero-order valence-corrected chi connectivity index (χ0v) is 15.0. The van der Waals surface area contributed by atoms with Crippen molar-refractivity contribution in [2.24, 2.45) is 11.1 Å². The molecule has 0 saturated heterocycles. The summed E-state index contributed by atoms with van der Waals surface area (Å²) in [5.74, 6) is 0.368. The third-order valence-corrected chi connectivity index (χ3v) is 3.26. The zero-order valence-electron chi connectivity index (χ0n) is 13.4. The molecule has 0 aliphatic rings. The zero-order chi connectivity index (χ0) is 15.5. The Hall–Kier alpha value is -1.63. The van der Waals surface area contributed by atoms with E-state index in [0.717, 1.165) is 5.56 Å². The minimum atomic E-state index is -0.180. The second-order valence-corrected chi connectivity index (χ2v) is 5.84. The standard InChI is InChI=1S/C15H20N4O2.2ClH/c1-15(2,9-16)10-19(3)14(20)12-8-13(21-18-12)11-4-6-17-7-5-11;;/h4-8H,9-10,16H2,1-3H3;2*1H. The molecule has 0 aromatic carbocycles. The van der Waals surface area contributed by atoms with Gasteiger partial charge in [0.1, 0.15) is 0 Å². The minimum absolute atomic E-state index is 0. The lowest BCUT2D eigenvalue weighted by atomic mass is 9.93. The van der Waals surface area contributed by atoms with Gasteiger partial charge < -0.3 is 15.2 Å². The Balaban J connectivity index is 0.00000242. The van der Waals surface area contributed by atoms with E-state index in [9.17, 15) is 4.79 Å². The maximum Gasteiger partial charge on any atom is 0.275 e. The lowest BCUT2D eigenvalue weighted by Crippen LogP contribution is -2.39. The van der Waals surface area contributed by atoms with E-state index in [1.807, 2.05) is 13.8 Å². The number of aromatic nitrogens is 2. The minimum Gasteiger partial charge on any atom is -0.355 e. The number of amides is 1. The fourth-order valence-electron chi connectivity index (χ4n) is 2.00. The molecule has 0 bridgehead atoms. The highest BCUT2D eigenvalue weighted by Crippen LogP contribution is 2.21. The van der Waals surface area contributed by atoms with Crippen LogP contribution in [0.1, 0.15) is 24.3 Å². The van der Waals surface area contributed by atoms with E-state index in [1.165, 1.54) is 0 Å². The predicted octanol–water partition coefficient (Wildman–Crippen LogP) is 2.64. The van der Waals surface area contributed by atoms with Gasteiger partial charge in [0.2, 0.25) is 0 Å². The smallest absolute Gasteiger partial charge is 0.275 e. The number of carbonyl (C=O) groups is 1. The summed E-state index contributed by atoms with van der Waals surface area (Å²) < 4.78 is 5.23. The first-order valence-corrected chi connectivity index (χ1v) is 6.75. The van der Waals surface area contributed by atoms with Crippen molar-refractivity contribution in [3.05, 3.63) is 36.3 Å². The van der Waals surface area contributed by atoms with Crippen molar-refractivity contribution in [1.29, 1.82) is 0 Å². The van der Waals surface area contributed by atoms with Gasteiger partial charge in [0.25, 0.3) is 5.91 Å². The normalized spacial score (nSPS) is 10.4. The molecule has 128 valence electrons. The lowest BCUT2D eigenvalue weighted by molar-refractivity contribution is 0.0730. The molecule has 0 aliphatic carbocycles. The number of nitrogens with zero attached hydrogens (tertiary/aromatic N) is 3. The van der Waals surface area contributed by atoms with Gasteiger partial charge >= 0.3 is 0 Å². The molecule has 2 N–H and O–H groups in total. The first-order chi connectivity index (χ1) is 9.93. The maximum absolute atomic E-state index is 12.3. The van der Waals surface area contributed by atoms with Crippen LogP contribution in [0.3, 0.4) is 0 Å². The van der Waals surface area contributed by atoms with Crippen LogP contribution < -0.4 is 5.73 Å². The maximum atomic E-state index is 12.3. The van der Waals surface area contributed by atoms with Crippen LogP contribution in [0.5, 0.6) is 0 Å². The van der Waals surface area contributed by atoms with Crippen LogP contribution in [-0.2, 0) is 0 Å². The van der Waals surface area contributed by atoms with Crippen molar-refractivity contribution in [2.75, 3.05) is 20.1 Å². The summed E-state index contributed by atoms with van der Waals surface area (Å²) in [5, 5.41) is 3.85. The Kier molecular flexibility index (Phi) is 8.23. The van der Waals surface area contributed by atoms with Crippen molar-refractivity contribution in [2.45, 2.75) is 13.8 Å². The largest absolute Gasteiger partial charge is 0.355 e. The van der Waals surface area contributed by atoms with Crippen molar-refractivity contribution >= 4 is 30.7 Å². The number of rotatable bonds is 5. The van der Waals surface area contributed by atoms with E-state index in [0.29, 0.717) is 18.8 Å². The molecule has 0 saturated carbocycles. The molecule has 0 fully saturated rings. The average molecular weight is 361 g/mol. The molecular formula is C15H22Cl2N4O2. The van der Waals surface area contributed by atoms with Gasteiger partial charge in [0.15, 0.2) is 11.5 Å². The Morgan fingerprint density at radius 3 is 2.48 bits per heavy atom. The fraction of sp³-hybridized carbons (Fsp3) is 0.400. The Labute approximate surface area is 148 Å². The van der Waals surface area contributed by atoms with Crippen LogP contribution in [0.4, 0.5) is 0 Å². The van der Waals surface area contributed by atoms with E-state index in [4.69, 9.17) is 10.3 Å². The van der Waals surface area contributed by atoms with Gasteiger partial charge in [-0.15, -0.1) is 24.8 Å². The molecule has 2 rings (SSSR count). The molecule has 0 atom stereocenters.